The zero-order chi connectivity index (χ0) is 19.1. The molecule has 0 spiro atoms. The summed E-state index contributed by atoms with van der Waals surface area (Å²) in [5, 5.41) is 11.2. The number of para-hydroxylation sites is 1. The molecule has 1 heterocycles. The second-order valence-electron chi connectivity index (χ2n) is 7.19. The molecule has 0 aromatic heterocycles. The summed E-state index contributed by atoms with van der Waals surface area (Å²) in [6.07, 6.45) is 0.534. The molecule has 0 fully saturated rings. The highest BCUT2D eigenvalue weighted by Gasteiger charge is 2.50. The molecule has 4 nitrogen and oxygen atoms in total. The van der Waals surface area contributed by atoms with Gasteiger partial charge in [-0.25, -0.2) is 0 Å². The third kappa shape index (κ3) is 2.84. The number of carbonyl (C=O) groups is 2. The lowest BCUT2D eigenvalue weighted by atomic mass is 9.86. The number of amides is 1. The van der Waals surface area contributed by atoms with Crippen LogP contribution in [0, 0.1) is 20.8 Å². The summed E-state index contributed by atoms with van der Waals surface area (Å²) in [5.41, 5.74) is 3.01. The summed E-state index contributed by atoms with van der Waals surface area (Å²) in [6, 6.07) is 11.0. The van der Waals surface area contributed by atoms with Crippen molar-refractivity contribution in [1.82, 2.24) is 0 Å². The summed E-state index contributed by atoms with van der Waals surface area (Å²) in [5.74, 6) is -0.620. The summed E-state index contributed by atoms with van der Waals surface area (Å²) in [7, 11) is 0. The van der Waals surface area contributed by atoms with E-state index in [9.17, 15) is 14.7 Å². The van der Waals surface area contributed by atoms with Crippen LogP contribution in [0.4, 0.5) is 5.69 Å². The first-order valence-corrected chi connectivity index (χ1v) is 9.04. The first-order valence-electron chi connectivity index (χ1n) is 9.04. The van der Waals surface area contributed by atoms with Gasteiger partial charge in [-0.2, -0.15) is 0 Å². The van der Waals surface area contributed by atoms with Crippen LogP contribution >= 0.6 is 0 Å². The van der Waals surface area contributed by atoms with Crippen LogP contribution in [0.3, 0.4) is 0 Å². The van der Waals surface area contributed by atoms with Gasteiger partial charge in [-0.15, -0.1) is 0 Å². The van der Waals surface area contributed by atoms with Gasteiger partial charge < -0.3 is 10.0 Å². The van der Waals surface area contributed by atoms with Gasteiger partial charge in [0.15, 0.2) is 11.4 Å². The Balaban J connectivity index is 2.00. The van der Waals surface area contributed by atoms with E-state index in [1.807, 2.05) is 52.0 Å². The van der Waals surface area contributed by atoms with Crippen LogP contribution in [0.15, 0.2) is 36.4 Å². The van der Waals surface area contributed by atoms with Crippen molar-refractivity contribution in [2.45, 2.75) is 46.1 Å². The van der Waals surface area contributed by atoms with E-state index < -0.39 is 11.5 Å². The molecule has 0 saturated heterocycles. The molecule has 1 aliphatic rings. The van der Waals surface area contributed by atoms with Gasteiger partial charge in [-0.1, -0.05) is 31.2 Å². The average Bonchev–Trinajstić information content (AvgIpc) is 2.81. The maximum Gasteiger partial charge on any atom is 0.264 e. The fourth-order valence-electron chi connectivity index (χ4n) is 3.71. The van der Waals surface area contributed by atoms with E-state index in [-0.39, 0.29) is 12.2 Å². The number of nitrogens with zero attached hydrogens (tertiary/aromatic N) is 1. The minimum Gasteiger partial charge on any atom is -0.375 e. The Labute approximate surface area is 154 Å². The molecule has 0 bridgehead atoms. The van der Waals surface area contributed by atoms with Crippen LogP contribution in [0.1, 0.15) is 52.4 Å². The molecule has 4 heteroatoms. The topological polar surface area (TPSA) is 57.6 Å². The number of hydrogen-bond acceptors (Lipinski definition) is 3. The third-order valence-electron chi connectivity index (χ3n) is 5.24. The number of benzene rings is 2. The van der Waals surface area contributed by atoms with Gasteiger partial charge in [-0.3, -0.25) is 9.59 Å². The first-order chi connectivity index (χ1) is 12.3. The third-order valence-corrected chi connectivity index (χ3v) is 5.24. The van der Waals surface area contributed by atoms with Gasteiger partial charge in [0.05, 0.1) is 12.1 Å². The Morgan fingerprint density at radius 1 is 1.08 bits per heavy atom. The molecule has 0 saturated carbocycles. The highest BCUT2D eigenvalue weighted by Crippen LogP contribution is 2.43. The predicted octanol–water partition coefficient (Wildman–Crippen LogP) is 3.83. The number of fused-ring (bicyclic) bond motifs is 1. The van der Waals surface area contributed by atoms with E-state index in [0.29, 0.717) is 23.4 Å². The van der Waals surface area contributed by atoms with E-state index in [4.69, 9.17) is 0 Å². The van der Waals surface area contributed by atoms with Gasteiger partial charge >= 0.3 is 0 Å². The van der Waals surface area contributed by atoms with Crippen LogP contribution in [0.2, 0.25) is 0 Å². The number of aryl methyl sites for hydroxylation is 3. The molecule has 3 rings (SSSR count). The number of aliphatic hydroxyl groups is 1. The van der Waals surface area contributed by atoms with Crippen molar-refractivity contribution in [3.63, 3.8) is 0 Å². The standard InChI is InChI=1S/C22H25NO3/c1-5-10-23-19-9-7-6-8-18(19)22(26,21(23)25)13-20(24)17-12-15(3)14(2)11-16(17)4/h6-9,11-12,26H,5,10,13H2,1-4H3. The molecular weight excluding hydrogens is 326 g/mol. The van der Waals surface area contributed by atoms with Crippen molar-refractivity contribution >= 4 is 17.4 Å². The number of anilines is 1. The molecule has 2 aromatic carbocycles. The van der Waals surface area contributed by atoms with Crippen LogP contribution in [0.5, 0.6) is 0 Å². The Morgan fingerprint density at radius 2 is 1.73 bits per heavy atom. The van der Waals surface area contributed by atoms with Crippen molar-refractivity contribution in [2.75, 3.05) is 11.4 Å². The SMILES string of the molecule is CCCN1C(=O)C(O)(CC(=O)c2cc(C)c(C)cc2C)c2ccccc21. The molecule has 1 N–H and O–H groups in total. The van der Waals surface area contributed by atoms with Crippen molar-refractivity contribution < 1.29 is 14.7 Å². The number of ketones is 1. The normalized spacial score (nSPS) is 19.0. The van der Waals surface area contributed by atoms with Crippen molar-refractivity contribution in [1.29, 1.82) is 0 Å². The Morgan fingerprint density at radius 3 is 2.42 bits per heavy atom. The lowest BCUT2D eigenvalue weighted by Crippen LogP contribution is -2.42. The van der Waals surface area contributed by atoms with Crippen molar-refractivity contribution in [3.05, 3.63) is 64.2 Å². The van der Waals surface area contributed by atoms with E-state index in [1.165, 1.54) is 0 Å². The van der Waals surface area contributed by atoms with Crippen molar-refractivity contribution in [2.24, 2.45) is 0 Å². The highest BCUT2D eigenvalue weighted by molar-refractivity contribution is 6.11. The predicted molar refractivity (Wildman–Crippen MR) is 103 cm³/mol. The molecule has 1 atom stereocenters. The van der Waals surface area contributed by atoms with Crippen LogP contribution in [-0.2, 0) is 10.4 Å². The summed E-state index contributed by atoms with van der Waals surface area (Å²) < 4.78 is 0. The second kappa shape index (κ2) is 6.69. The van der Waals surface area contributed by atoms with Gasteiger partial charge in [0.2, 0.25) is 0 Å². The quantitative estimate of drug-likeness (QED) is 0.833. The molecule has 0 aliphatic carbocycles. The van der Waals surface area contributed by atoms with Crippen LogP contribution in [-0.4, -0.2) is 23.3 Å². The van der Waals surface area contributed by atoms with Gasteiger partial charge in [0.25, 0.3) is 5.91 Å². The maximum absolute atomic E-state index is 13.0. The molecule has 2 aromatic rings. The highest BCUT2D eigenvalue weighted by atomic mass is 16.3. The summed E-state index contributed by atoms with van der Waals surface area (Å²) in [4.78, 5) is 27.5. The number of Topliss-reactive ketones (excluding diaryl/α,β-unsaturated/α-hetero) is 1. The minimum atomic E-state index is -1.80. The smallest absolute Gasteiger partial charge is 0.264 e. The summed E-state index contributed by atoms with van der Waals surface area (Å²) >= 11 is 0. The van der Waals surface area contributed by atoms with Crippen LogP contribution in [0.25, 0.3) is 0 Å². The lowest BCUT2D eigenvalue weighted by molar-refractivity contribution is -0.135. The van der Waals surface area contributed by atoms with Gasteiger partial charge in [0, 0.05) is 17.7 Å². The number of hydrogen-bond donors (Lipinski definition) is 1. The fourth-order valence-corrected chi connectivity index (χ4v) is 3.71. The van der Waals surface area contributed by atoms with E-state index in [0.717, 1.165) is 23.1 Å². The molecule has 1 amide bonds. The lowest BCUT2D eigenvalue weighted by Gasteiger charge is -2.23. The molecule has 26 heavy (non-hydrogen) atoms. The maximum atomic E-state index is 13.0. The Hall–Kier alpha value is -2.46. The number of rotatable bonds is 5. The molecule has 136 valence electrons. The minimum absolute atomic E-state index is 0.213. The van der Waals surface area contributed by atoms with Crippen molar-refractivity contribution in [3.8, 4) is 0 Å². The van der Waals surface area contributed by atoms with Gasteiger partial charge in [-0.05, 0) is 56.0 Å². The molecular formula is C22H25NO3. The molecule has 0 radical (unpaired) electrons. The number of carbonyl (C=O) groups excluding carboxylic acids is 2. The Kier molecular flexibility index (Phi) is 4.72. The monoisotopic (exact) mass is 351 g/mol. The fraction of sp³-hybridized carbons (Fsp3) is 0.364. The van der Waals surface area contributed by atoms with Crippen LogP contribution < -0.4 is 4.90 Å². The average molecular weight is 351 g/mol. The summed E-state index contributed by atoms with van der Waals surface area (Å²) in [6.45, 7) is 8.35. The molecule has 1 aliphatic heterocycles. The Bertz CT molecular complexity index is 887. The van der Waals surface area contributed by atoms with Gasteiger partial charge in [0.1, 0.15) is 0 Å². The zero-order valence-corrected chi connectivity index (χ0v) is 15.8. The van der Waals surface area contributed by atoms with E-state index >= 15 is 0 Å². The van der Waals surface area contributed by atoms with E-state index in [2.05, 4.69) is 0 Å². The first kappa shape index (κ1) is 18.3. The molecule has 1 unspecified atom stereocenters. The van der Waals surface area contributed by atoms with E-state index in [1.54, 1.807) is 17.0 Å². The second-order valence-corrected chi connectivity index (χ2v) is 7.19. The largest absolute Gasteiger partial charge is 0.375 e. The zero-order valence-electron chi connectivity index (χ0n) is 15.8.